The Hall–Kier alpha value is -2.65. The number of ether oxygens (including phenoxy) is 1. The molecular weight excluding hydrogens is 394 g/mol. The second kappa shape index (κ2) is 7.76. The Morgan fingerprint density at radius 3 is 2.86 bits per heavy atom. The van der Waals surface area contributed by atoms with Gasteiger partial charge in [0.05, 0.1) is 5.69 Å². The van der Waals surface area contributed by atoms with Crippen molar-refractivity contribution in [3.63, 3.8) is 0 Å². The summed E-state index contributed by atoms with van der Waals surface area (Å²) in [6.45, 7) is 4.48. The van der Waals surface area contributed by atoms with Gasteiger partial charge >= 0.3 is 0 Å². The molecule has 28 heavy (non-hydrogen) atoms. The van der Waals surface area contributed by atoms with Crippen molar-refractivity contribution >= 4 is 28.1 Å². The highest BCUT2D eigenvalue weighted by Gasteiger charge is 2.12. The Labute approximate surface area is 170 Å². The lowest BCUT2D eigenvalue weighted by Crippen LogP contribution is -2.12. The van der Waals surface area contributed by atoms with Gasteiger partial charge in [-0.3, -0.25) is 9.20 Å². The molecule has 4 rings (SSSR count). The van der Waals surface area contributed by atoms with Gasteiger partial charge in [0.1, 0.15) is 12.4 Å². The number of hydrogen-bond acceptors (Lipinski definition) is 7. The molecule has 0 amide bonds. The molecule has 9 heteroatoms. The van der Waals surface area contributed by atoms with E-state index in [9.17, 15) is 4.79 Å². The van der Waals surface area contributed by atoms with Gasteiger partial charge in [-0.1, -0.05) is 17.8 Å². The zero-order valence-electron chi connectivity index (χ0n) is 15.7. The van der Waals surface area contributed by atoms with E-state index in [0.29, 0.717) is 17.3 Å². The van der Waals surface area contributed by atoms with Gasteiger partial charge in [-0.05, 0) is 37.1 Å². The molecule has 3 aromatic heterocycles. The molecule has 0 saturated carbocycles. The zero-order valence-corrected chi connectivity index (χ0v) is 17.4. The highest BCUT2D eigenvalue weighted by Crippen LogP contribution is 2.22. The van der Waals surface area contributed by atoms with E-state index in [1.165, 1.54) is 34.2 Å². The van der Waals surface area contributed by atoms with Crippen LogP contribution in [0.5, 0.6) is 5.75 Å². The summed E-state index contributed by atoms with van der Waals surface area (Å²) in [7, 11) is 1.91. The summed E-state index contributed by atoms with van der Waals surface area (Å²) in [5.74, 6) is 2.10. The molecule has 0 bridgehead atoms. The van der Waals surface area contributed by atoms with Crippen LogP contribution in [-0.2, 0) is 19.4 Å². The molecular formula is C19H19N5O2S2. The Morgan fingerprint density at radius 2 is 2.04 bits per heavy atom. The van der Waals surface area contributed by atoms with Crippen molar-refractivity contribution in [3.05, 3.63) is 68.8 Å². The zero-order chi connectivity index (χ0) is 19.7. The maximum atomic E-state index is 12.1. The summed E-state index contributed by atoms with van der Waals surface area (Å²) < 4.78 is 9.30. The molecule has 0 radical (unpaired) electrons. The SMILES string of the molecule is Cc1ccc(OCc2nnc(SCc3cc(=O)n4ccsc4n3)n2C)cc1C. The fourth-order valence-corrected chi connectivity index (χ4v) is 4.21. The lowest BCUT2D eigenvalue weighted by Gasteiger charge is -2.08. The van der Waals surface area contributed by atoms with E-state index >= 15 is 0 Å². The number of thioether (sulfide) groups is 1. The lowest BCUT2D eigenvalue weighted by atomic mass is 10.1. The normalized spacial score (nSPS) is 11.2. The number of hydrogen-bond donors (Lipinski definition) is 0. The molecule has 4 aromatic rings. The van der Waals surface area contributed by atoms with Crippen LogP contribution in [-0.4, -0.2) is 24.1 Å². The molecule has 0 spiro atoms. The summed E-state index contributed by atoms with van der Waals surface area (Å²) in [6.07, 6.45) is 1.73. The maximum absolute atomic E-state index is 12.1. The first-order valence-electron chi connectivity index (χ1n) is 8.68. The van der Waals surface area contributed by atoms with E-state index in [0.717, 1.165) is 22.4 Å². The fourth-order valence-electron chi connectivity index (χ4n) is 2.65. The molecule has 0 aliphatic rings. The minimum absolute atomic E-state index is 0.0673. The van der Waals surface area contributed by atoms with Crippen molar-refractivity contribution < 1.29 is 4.74 Å². The number of aromatic nitrogens is 5. The number of benzene rings is 1. The van der Waals surface area contributed by atoms with Crippen LogP contribution in [0, 0.1) is 13.8 Å². The van der Waals surface area contributed by atoms with E-state index in [1.807, 2.05) is 35.2 Å². The van der Waals surface area contributed by atoms with Crippen LogP contribution >= 0.6 is 23.1 Å². The Balaban J connectivity index is 1.42. The van der Waals surface area contributed by atoms with E-state index in [4.69, 9.17) is 4.74 Å². The molecule has 0 unspecified atom stereocenters. The largest absolute Gasteiger partial charge is 0.486 e. The molecule has 0 saturated heterocycles. The minimum atomic E-state index is -0.0673. The van der Waals surface area contributed by atoms with Crippen molar-refractivity contribution in [3.8, 4) is 5.75 Å². The highest BCUT2D eigenvalue weighted by molar-refractivity contribution is 7.98. The number of aryl methyl sites for hydroxylation is 2. The van der Waals surface area contributed by atoms with Crippen LogP contribution in [0.1, 0.15) is 22.6 Å². The minimum Gasteiger partial charge on any atom is -0.486 e. The number of rotatable bonds is 6. The van der Waals surface area contributed by atoms with Gasteiger partial charge in [0.2, 0.25) is 0 Å². The second-order valence-electron chi connectivity index (χ2n) is 6.42. The van der Waals surface area contributed by atoms with Crippen LogP contribution in [0.4, 0.5) is 0 Å². The van der Waals surface area contributed by atoms with Gasteiger partial charge < -0.3 is 9.30 Å². The first-order valence-corrected chi connectivity index (χ1v) is 10.5. The second-order valence-corrected chi connectivity index (χ2v) is 8.24. The van der Waals surface area contributed by atoms with Crippen LogP contribution in [0.2, 0.25) is 0 Å². The summed E-state index contributed by atoms with van der Waals surface area (Å²) in [5, 5.41) is 11.1. The Morgan fingerprint density at radius 1 is 1.18 bits per heavy atom. The first kappa shape index (κ1) is 18.7. The van der Waals surface area contributed by atoms with E-state index in [1.54, 1.807) is 16.7 Å². The van der Waals surface area contributed by atoms with Crippen molar-refractivity contribution in [1.29, 1.82) is 0 Å². The predicted octanol–water partition coefficient (Wildman–Crippen LogP) is 3.37. The third-order valence-electron chi connectivity index (χ3n) is 4.48. The molecule has 0 aliphatic carbocycles. The van der Waals surface area contributed by atoms with Gasteiger partial charge in [-0.25, -0.2) is 4.98 Å². The summed E-state index contributed by atoms with van der Waals surface area (Å²) in [5.41, 5.74) is 3.09. The predicted molar refractivity (Wildman–Crippen MR) is 110 cm³/mol. The quantitative estimate of drug-likeness (QED) is 0.451. The van der Waals surface area contributed by atoms with Crippen LogP contribution in [0.25, 0.3) is 4.96 Å². The molecule has 3 heterocycles. The first-order chi connectivity index (χ1) is 13.5. The summed E-state index contributed by atoms with van der Waals surface area (Å²) >= 11 is 2.94. The molecule has 1 aromatic carbocycles. The van der Waals surface area contributed by atoms with Gasteiger partial charge in [-0.2, -0.15) is 0 Å². The Kier molecular flexibility index (Phi) is 5.19. The molecule has 7 nitrogen and oxygen atoms in total. The van der Waals surface area contributed by atoms with E-state index < -0.39 is 0 Å². The van der Waals surface area contributed by atoms with Crippen LogP contribution in [0.3, 0.4) is 0 Å². The van der Waals surface area contributed by atoms with Crippen LogP contribution < -0.4 is 10.3 Å². The van der Waals surface area contributed by atoms with E-state index in [-0.39, 0.29) is 5.56 Å². The fraction of sp³-hybridized carbons (Fsp3) is 0.263. The molecule has 0 N–H and O–H groups in total. The third kappa shape index (κ3) is 3.81. The van der Waals surface area contributed by atoms with Crippen molar-refractivity contribution in [2.45, 2.75) is 31.4 Å². The van der Waals surface area contributed by atoms with Gasteiger partial charge in [0.25, 0.3) is 5.56 Å². The standard InChI is InChI=1S/C19H19N5O2S2/c1-12-4-5-15(8-13(12)2)26-10-16-21-22-19(23(16)3)28-11-14-9-17(25)24-6-7-27-18(24)20-14/h4-9H,10-11H2,1-3H3. The molecule has 0 aliphatic heterocycles. The third-order valence-corrected chi connectivity index (χ3v) is 6.29. The molecule has 0 fully saturated rings. The summed E-state index contributed by atoms with van der Waals surface area (Å²) in [4.78, 5) is 17.3. The number of fused-ring (bicyclic) bond motifs is 1. The topological polar surface area (TPSA) is 74.3 Å². The van der Waals surface area contributed by atoms with Gasteiger partial charge in [-0.15, -0.1) is 21.5 Å². The van der Waals surface area contributed by atoms with Crippen LogP contribution in [0.15, 0.2) is 45.8 Å². The van der Waals surface area contributed by atoms with Crippen molar-refractivity contribution in [1.82, 2.24) is 24.1 Å². The monoisotopic (exact) mass is 413 g/mol. The molecule has 0 atom stereocenters. The van der Waals surface area contributed by atoms with Crippen molar-refractivity contribution in [2.75, 3.05) is 0 Å². The molecule has 144 valence electrons. The Bertz CT molecular complexity index is 1190. The van der Waals surface area contributed by atoms with Crippen molar-refractivity contribution in [2.24, 2.45) is 7.05 Å². The highest BCUT2D eigenvalue weighted by atomic mass is 32.2. The lowest BCUT2D eigenvalue weighted by molar-refractivity contribution is 0.290. The van der Waals surface area contributed by atoms with E-state index in [2.05, 4.69) is 29.0 Å². The smallest absolute Gasteiger partial charge is 0.258 e. The summed E-state index contributed by atoms with van der Waals surface area (Å²) in [6, 6.07) is 7.58. The maximum Gasteiger partial charge on any atom is 0.258 e. The number of thiazole rings is 1. The average molecular weight is 414 g/mol. The average Bonchev–Trinajstić information content (AvgIpc) is 3.28. The van der Waals surface area contributed by atoms with Gasteiger partial charge in [0, 0.05) is 30.4 Å². The van der Waals surface area contributed by atoms with Gasteiger partial charge in [0.15, 0.2) is 15.9 Å². The number of nitrogens with zero attached hydrogens (tertiary/aromatic N) is 5.